The van der Waals surface area contributed by atoms with Crippen LogP contribution >= 0.6 is 11.6 Å². The molecule has 1 aromatic heterocycles. The Morgan fingerprint density at radius 3 is 2.28 bits per heavy atom. The summed E-state index contributed by atoms with van der Waals surface area (Å²) >= 11 is 6.10. The van der Waals surface area contributed by atoms with Crippen LogP contribution in [0.5, 0.6) is 0 Å². The summed E-state index contributed by atoms with van der Waals surface area (Å²) in [5.41, 5.74) is 0.962. The summed E-state index contributed by atoms with van der Waals surface area (Å²) in [6.07, 6.45) is 9.22. The van der Waals surface area contributed by atoms with E-state index in [9.17, 15) is 0 Å². The van der Waals surface area contributed by atoms with E-state index in [-0.39, 0.29) is 0 Å². The topological polar surface area (TPSA) is 37.8 Å². The molecule has 3 nitrogen and oxygen atoms in total. The molecule has 0 aromatic carbocycles. The lowest BCUT2D eigenvalue weighted by molar-refractivity contribution is 0.470. The van der Waals surface area contributed by atoms with Crippen LogP contribution in [0.4, 0.5) is 5.82 Å². The van der Waals surface area contributed by atoms with Gasteiger partial charge >= 0.3 is 0 Å². The number of nitrogens with zero attached hydrogens (tertiary/aromatic N) is 2. The molecule has 1 heterocycles. The number of anilines is 1. The summed E-state index contributed by atoms with van der Waals surface area (Å²) in [6, 6.07) is 0.536. The molecule has 18 heavy (non-hydrogen) atoms. The van der Waals surface area contributed by atoms with Crippen molar-refractivity contribution in [3.63, 3.8) is 0 Å². The van der Waals surface area contributed by atoms with E-state index in [0.29, 0.717) is 11.2 Å². The van der Waals surface area contributed by atoms with Crippen molar-refractivity contribution >= 4 is 17.4 Å². The molecule has 0 unspecified atom stereocenters. The quantitative estimate of drug-likeness (QED) is 0.813. The number of nitrogens with one attached hydrogen (secondary N) is 1. The van der Waals surface area contributed by atoms with Gasteiger partial charge in [-0.25, -0.2) is 9.97 Å². The van der Waals surface area contributed by atoms with Gasteiger partial charge in [-0.1, -0.05) is 43.7 Å². The molecule has 0 bridgehead atoms. The first kappa shape index (κ1) is 13.6. The molecule has 4 heteroatoms. The second-order valence-electron chi connectivity index (χ2n) is 5.22. The minimum atomic E-state index is 0.536. The lowest BCUT2D eigenvalue weighted by Crippen LogP contribution is -2.22. The highest BCUT2D eigenvalue weighted by atomic mass is 35.5. The molecule has 1 aliphatic carbocycles. The van der Waals surface area contributed by atoms with Gasteiger partial charge in [0, 0.05) is 11.6 Å². The van der Waals surface area contributed by atoms with E-state index in [1.165, 1.54) is 44.9 Å². The van der Waals surface area contributed by atoms with Gasteiger partial charge in [-0.3, -0.25) is 0 Å². The molecule has 0 aliphatic heterocycles. The van der Waals surface area contributed by atoms with Gasteiger partial charge in [0.1, 0.15) is 16.8 Å². The Morgan fingerprint density at radius 1 is 1.00 bits per heavy atom. The number of aromatic nitrogens is 2. The zero-order chi connectivity index (χ0) is 13.0. The molecular weight excluding hydrogens is 246 g/mol. The highest BCUT2D eigenvalue weighted by molar-refractivity contribution is 6.30. The predicted molar refractivity (Wildman–Crippen MR) is 76.2 cm³/mol. The smallest absolute Gasteiger partial charge is 0.137 e. The molecule has 1 aromatic rings. The van der Waals surface area contributed by atoms with Crippen molar-refractivity contribution in [2.45, 2.75) is 64.8 Å². The Labute approximate surface area is 114 Å². The average molecular weight is 268 g/mol. The first-order valence-corrected chi connectivity index (χ1v) is 7.32. The van der Waals surface area contributed by atoms with Crippen LogP contribution < -0.4 is 5.32 Å². The van der Waals surface area contributed by atoms with Crippen LogP contribution in [0.15, 0.2) is 0 Å². The van der Waals surface area contributed by atoms with E-state index in [4.69, 9.17) is 11.6 Å². The van der Waals surface area contributed by atoms with Gasteiger partial charge in [0.25, 0.3) is 0 Å². The summed E-state index contributed by atoms with van der Waals surface area (Å²) in [7, 11) is 0. The number of hydrogen-bond donors (Lipinski definition) is 1. The molecule has 1 aliphatic rings. The molecule has 1 N–H and O–H groups in total. The highest BCUT2D eigenvalue weighted by Crippen LogP contribution is 2.24. The zero-order valence-electron chi connectivity index (χ0n) is 11.3. The monoisotopic (exact) mass is 267 g/mol. The van der Waals surface area contributed by atoms with Crippen LogP contribution in [0.1, 0.15) is 56.3 Å². The molecular formula is C14H22ClN3. The highest BCUT2D eigenvalue weighted by Gasteiger charge is 2.14. The first-order chi connectivity index (χ1) is 8.66. The summed E-state index contributed by atoms with van der Waals surface area (Å²) in [5, 5.41) is 4.13. The molecule has 2 rings (SSSR count). The third-order valence-electron chi connectivity index (χ3n) is 3.64. The maximum Gasteiger partial charge on any atom is 0.137 e. The summed E-state index contributed by atoms with van der Waals surface area (Å²) < 4.78 is 0. The zero-order valence-corrected chi connectivity index (χ0v) is 12.1. The molecule has 0 atom stereocenters. The van der Waals surface area contributed by atoms with E-state index < -0.39 is 0 Å². The fraction of sp³-hybridized carbons (Fsp3) is 0.714. The Bertz CT molecular complexity index is 398. The fourth-order valence-electron chi connectivity index (χ4n) is 2.53. The first-order valence-electron chi connectivity index (χ1n) is 6.94. The third kappa shape index (κ3) is 3.58. The lowest BCUT2D eigenvalue weighted by atomic mass is 9.96. The standard InChI is InChI=1S/C14H22ClN3/c1-10-13(15)16-11(2)17-14(10)18-12-8-6-4-3-5-7-9-12/h12H,3-9H2,1-2H3,(H,16,17,18). The van der Waals surface area contributed by atoms with Crippen LogP contribution in [0, 0.1) is 13.8 Å². The Kier molecular flexibility index (Phi) is 4.81. The number of halogens is 1. The van der Waals surface area contributed by atoms with E-state index in [1.54, 1.807) is 0 Å². The average Bonchev–Trinajstić information content (AvgIpc) is 2.28. The van der Waals surface area contributed by atoms with Gasteiger partial charge in [0.05, 0.1) is 0 Å². The molecule has 0 amide bonds. The second kappa shape index (κ2) is 6.37. The Balaban J connectivity index is 2.07. The molecule has 100 valence electrons. The van der Waals surface area contributed by atoms with E-state index in [1.807, 2.05) is 13.8 Å². The van der Waals surface area contributed by atoms with Gasteiger partial charge in [-0.15, -0.1) is 0 Å². The van der Waals surface area contributed by atoms with Crippen LogP contribution in [0.25, 0.3) is 0 Å². The molecule has 0 spiro atoms. The van der Waals surface area contributed by atoms with E-state index >= 15 is 0 Å². The largest absolute Gasteiger partial charge is 0.367 e. The van der Waals surface area contributed by atoms with Gasteiger partial charge < -0.3 is 5.32 Å². The molecule has 1 fully saturated rings. The lowest BCUT2D eigenvalue weighted by Gasteiger charge is -2.22. The van der Waals surface area contributed by atoms with Gasteiger partial charge in [-0.05, 0) is 26.7 Å². The third-order valence-corrected chi connectivity index (χ3v) is 4.01. The number of rotatable bonds is 2. The maximum atomic E-state index is 6.10. The maximum absolute atomic E-state index is 6.10. The van der Waals surface area contributed by atoms with Crippen LogP contribution in [-0.2, 0) is 0 Å². The van der Waals surface area contributed by atoms with Crippen molar-refractivity contribution in [2.75, 3.05) is 5.32 Å². The van der Waals surface area contributed by atoms with Crippen molar-refractivity contribution in [2.24, 2.45) is 0 Å². The summed E-state index contributed by atoms with van der Waals surface area (Å²) in [6.45, 7) is 3.86. The van der Waals surface area contributed by atoms with Crippen molar-refractivity contribution in [1.29, 1.82) is 0 Å². The second-order valence-corrected chi connectivity index (χ2v) is 5.58. The Morgan fingerprint density at radius 2 is 1.61 bits per heavy atom. The van der Waals surface area contributed by atoms with Crippen molar-refractivity contribution in [3.8, 4) is 0 Å². The van der Waals surface area contributed by atoms with Crippen LogP contribution in [0.3, 0.4) is 0 Å². The molecule has 0 radical (unpaired) electrons. The molecule has 1 saturated carbocycles. The van der Waals surface area contributed by atoms with Crippen molar-refractivity contribution in [3.05, 3.63) is 16.5 Å². The van der Waals surface area contributed by atoms with Gasteiger partial charge in [-0.2, -0.15) is 0 Å². The van der Waals surface area contributed by atoms with Crippen molar-refractivity contribution in [1.82, 2.24) is 9.97 Å². The number of hydrogen-bond acceptors (Lipinski definition) is 3. The van der Waals surface area contributed by atoms with Crippen LogP contribution in [-0.4, -0.2) is 16.0 Å². The van der Waals surface area contributed by atoms with E-state index in [0.717, 1.165) is 17.2 Å². The minimum Gasteiger partial charge on any atom is -0.367 e. The van der Waals surface area contributed by atoms with Crippen molar-refractivity contribution < 1.29 is 0 Å². The molecule has 0 saturated heterocycles. The van der Waals surface area contributed by atoms with E-state index in [2.05, 4.69) is 15.3 Å². The minimum absolute atomic E-state index is 0.536. The normalized spacial score (nSPS) is 18.2. The predicted octanol–water partition coefficient (Wildman–Crippen LogP) is 4.27. The number of aryl methyl sites for hydroxylation is 1. The SMILES string of the molecule is Cc1nc(Cl)c(C)c(NC2CCCCCCC2)n1. The van der Waals surface area contributed by atoms with Gasteiger partial charge in [0.15, 0.2) is 0 Å². The fourth-order valence-corrected chi connectivity index (χ4v) is 2.74. The Hall–Kier alpha value is -0.830. The summed E-state index contributed by atoms with van der Waals surface area (Å²) in [4.78, 5) is 8.65. The van der Waals surface area contributed by atoms with Crippen LogP contribution in [0.2, 0.25) is 5.15 Å². The summed E-state index contributed by atoms with van der Waals surface area (Å²) in [5.74, 6) is 1.65. The van der Waals surface area contributed by atoms with Gasteiger partial charge in [0.2, 0.25) is 0 Å².